The van der Waals surface area contributed by atoms with Gasteiger partial charge in [-0.05, 0) is 43.4 Å². The molecule has 0 atom stereocenters. The van der Waals surface area contributed by atoms with Crippen LogP contribution in [0.25, 0.3) is 10.9 Å². The lowest BCUT2D eigenvalue weighted by Gasteiger charge is -2.16. The van der Waals surface area contributed by atoms with Crippen LogP contribution >= 0.6 is 11.6 Å². The Bertz CT molecular complexity index is 1610. The van der Waals surface area contributed by atoms with E-state index in [1.54, 1.807) is 49.7 Å². The molecule has 0 unspecified atom stereocenters. The SMILES string of the molecule is COCCN(C)C/C=C/C(=O)Nc1cc2c(Nc3ccc(OCc4ccccn4)c(Cl)c3)c(C#N)cnc2cc1OC. The van der Waals surface area contributed by atoms with E-state index < -0.39 is 0 Å². The van der Waals surface area contributed by atoms with Crippen LogP contribution < -0.4 is 20.1 Å². The molecule has 0 aliphatic heterocycles. The van der Waals surface area contributed by atoms with Gasteiger partial charge in [-0.2, -0.15) is 5.26 Å². The number of hydrogen-bond acceptors (Lipinski definition) is 9. The van der Waals surface area contributed by atoms with Gasteiger partial charge in [0, 0.05) is 55.8 Å². The molecule has 2 N–H and O–H groups in total. The molecule has 216 valence electrons. The third-order valence-corrected chi connectivity index (χ3v) is 6.53. The smallest absolute Gasteiger partial charge is 0.248 e. The molecule has 4 aromatic rings. The quantitative estimate of drug-likeness (QED) is 0.194. The van der Waals surface area contributed by atoms with Crippen LogP contribution in [-0.2, 0) is 16.1 Å². The van der Waals surface area contributed by atoms with E-state index in [0.717, 1.165) is 12.2 Å². The molecule has 0 spiro atoms. The fraction of sp³-hybridized carbons (Fsp3) is 0.226. The Kier molecular flexibility index (Phi) is 10.7. The van der Waals surface area contributed by atoms with Gasteiger partial charge in [-0.15, -0.1) is 0 Å². The minimum Gasteiger partial charge on any atom is -0.494 e. The van der Waals surface area contributed by atoms with Crippen molar-refractivity contribution in [3.05, 3.63) is 89.4 Å². The van der Waals surface area contributed by atoms with Crippen LogP contribution in [0.4, 0.5) is 17.1 Å². The topological polar surface area (TPSA) is 122 Å². The standard InChI is InChI=1S/C31H31ClN6O4/c1-38(13-14-40-2)12-6-8-30(39)37-27-16-24-26(17-29(27)41-3)35-19-21(18-33)31(24)36-22-9-10-28(25(32)15-22)42-20-23-7-4-5-11-34-23/h4-11,15-17,19H,12-14,20H2,1-3H3,(H,35,36)(H,37,39)/b8-6+. The Hall–Kier alpha value is -4.69. The van der Waals surface area contributed by atoms with Crippen molar-refractivity contribution in [2.75, 3.05) is 51.6 Å². The van der Waals surface area contributed by atoms with Gasteiger partial charge in [0.1, 0.15) is 24.2 Å². The van der Waals surface area contributed by atoms with Gasteiger partial charge >= 0.3 is 0 Å². The average molecular weight is 587 g/mol. The minimum absolute atomic E-state index is 0.275. The van der Waals surface area contributed by atoms with Gasteiger partial charge in [-0.1, -0.05) is 23.7 Å². The lowest BCUT2D eigenvalue weighted by molar-refractivity contribution is -0.111. The van der Waals surface area contributed by atoms with Crippen molar-refractivity contribution in [3.8, 4) is 17.6 Å². The number of fused-ring (bicyclic) bond motifs is 1. The molecule has 10 nitrogen and oxygen atoms in total. The first-order valence-electron chi connectivity index (χ1n) is 13.1. The number of nitrogens with zero attached hydrogens (tertiary/aromatic N) is 4. The zero-order chi connectivity index (χ0) is 29.9. The van der Waals surface area contributed by atoms with Gasteiger partial charge in [-0.25, -0.2) is 0 Å². The largest absolute Gasteiger partial charge is 0.494 e. The highest BCUT2D eigenvalue weighted by Gasteiger charge is 2.15. The summed E-state index contributed by atoms with van der Waals surface area (Å²) in [6.45, 7) is 2.22. The second-order valence-corrected chi connectivity index (χ2v) is 9.66. The molecule has 0 fully saturated rings. The molecule has 2 aromatic carbocycles. The van der Waals surface area contributed by atoms with E-state index in [2.05, 4.69) is 26.7 Å². The summed E-state index contributed by atoms with van der Waals surface area (Å²) >= 11 is 6.52. The molecule has 0 aliphatic carbocycles. The molecule has 0 radical (unpaired) electrons. The van der Waals surface area contributed by atoms with Gasteiger partial charge < -0.3 is 29.7 Å². The maximum absolute atomic E-state index is 12.7. The Labute approximate surface area is 249 Å². The van der Waals surface area contributed by atoms with E-state index in [4.69, 9.17) is 25.8 Å². The van der Waals surface area contributed by atoms with Gasteiger partial charge in [0.25, 0.3) is 0 Å². The molecule has 4 rings (SSSR count). The van der Waals surface area contributed by atoms with Crippen LogP contribution in [-0.4, -0.2) is 61.7 Å². The summed E-state index contributed by atoms with van der Waals surface area (Å²) in [6.07, 6.45) is 6.42. The number of amides is 1. The number of methoxy groups -OCH3 is 2. The van der Waals surface area contributed by atoms with Gasteiger partial charge in [0.05, 0.1) is 46.9 Å². The number of anilines is 3. The van der Waals surface area contributed by atoms with Crippen LogP contribution in [0.5, 0.6) is 11.5 Å². The van der Waals surface area contributed by atoms with Crippen molar-refractivity contribution >= 4 is 45.5 Å². The number of benzene rings is 2. The van der Waals surface area contributed by atoms with Crippen molar-refractivity contribution in [3.63, 3.8) is 0 Å². The summed E-state index contributed by atoms with van der Waals surface area (Å²) in [4.78, 5) is 23.4. The highest BCUT2D eigenvalue weighted by molar-refractivity contribution is 6.32. The third-order valence-electron chi connectivity index (χ3n) is 6.23. The minimum atomic E-state index is -0.320. The number of carbonyl (C=O) groups excluding carboxylic acids is 1. The van der Waals surface area contributed by atoms with Gasteiger partial charge in [0.15, 0.2) is 0 Å². The molecule has 2 aromatic heterocycles. The molecule has 11 heteroatoms. The molecular formula is C31H31ClN6O4. The summed E-state index contributed by atoms with van der Waals surface area (Å²) in [7, 11) is 5.10. The van der Waals surface area contributed by atoms with Crippen molar-refractivity contribution in [1.82, 2.24) is 14.9 Å². The van der Waals surface area contributed by atoms with E-state index in [1.807, 2.05) is 30.1 Å². The van der Waals surface area contributed by atoms with Crippen LogP contribution in [0.15, 0.2) is 73.1 Å². The molecule has 1 amide bonds. The van der Waals surface area contributed by atoms with Crippen molar-refractivity contribution in [2.45, 2.75) is 6.61 Å². The second kappa shape index (κ2) is 14.8. The highest BCUT2D eigenvalue weighted by Crippen LogP contribution is 2.37. The second-order valence-electron chi connectivity index (χ2n) is 9.25. The summed E-state index contributed by atoms with van der Waals surface area (Å²) in [5.74, 6) is 0.613. The molecule has 42 heavy (non-hydrogen) atoms. The van der Waals surface area contributed by atoms with Crippen LogP contribution in [0.1, 0.15) is 11.3 Å². The van der Waals surface area contributed by atoms with E-state index in [9.17, 15) is 10.1 Å². The molecule has 0 aliphatic rings. The predicted octanol–water partition coefficient (Wildman–Crippen LogP) is 5.56. The zero-order valence-corrected chi connectivity index (χ0v) is 24.3. The first kappa shape index (κ1) is 30.3. The fourth-order valence-electron chi connectivity index (χ4n) is 4.03. The van der Waals surface area contributed by atoms with Gasteiger partial charge in [0.2, 0.25) is 5.91 Å². The Morgan fingerprint density at radius 3 is 2.71 bits per heavy atom. The van der Waals surface area contributed by atoms with E-state index in [-0.39, 0.29) is 12.5 Å². The van der Waals surface area contributed by atoms with Crippen LogP contribution in [0, 0.1) is 11.3 Å². The van der Waals surface area contributed by atoms with Crippen LogP contribution in [0.2, 0.25) is 5.02 Å². The molecule has 0 saturated heterocycles. The lowest BCUT2D eigenvalue weighted by atomic mass is 10.1. The summed E-state index contributed by atoms with van der Waals surface area (Å²) < 4.78 is 16.4. The summed E-state index contributed by atoms with van der Waals surface area (Å²) in [5, 5.41) is 17.0. The van der Waals surface area contributed by atoms with E-state index in [0.29, 0.717) is 63.2 Å². The molecule has 0 saturated carbocycles. The van der Waals surface area contributed by atoms with Crippen LogP contribution in [0.3, 0.4) is 0 Å². The normalized spacial score (nSPS) is 11.0. The maximum Gasteiger partial charge on any atom is 0.248 e. The first-order chi connectivity index (χ1) is 20.4. The highest BCUT2D eigenvalue weighted by atomic mass is 35.5. The number of nitrogens with one attached hydrogen (secondary N) is 2. The number of rotatable bonds is 13. The summed E-state index contributed by atoms with van der Waals surface area (Å²) in [6, 6.07) is 16.5. The maximum atomic E-state index is 12.7. The number of ether oxygens (including phenoxy) is 3. The summed E-state index contributed by atoms with van der Waals surface area (Å²) in [5.41, 5.74) is 3.24. The number of likely N-dealkylation sites (N-methyl/N-ethyl adjacent to an activating group) is 1. The Morgan fingerprint density at radius 2 is 2.00 bits per heavy atom. The number of pyridine rings is 2. The number of aromatic nitrogens is 2. The number of halogens is 1. The van der Waals surface area contributed by atoms with E-state index >= 15 is 0 Å². The average Bonchev–Trinajstić information content (AvgIpc) is 3.00. The number of nitriles is 1. The van der Waals surface area contributed by atoms with Gasteiger partial charge in [-0.3, -0.25) is 14.8 Å². The fourth-order valence-corrected chi connectivity index (χ4v) is 4.27. The Balaban J connectivity index is 1.57. The zero-order valence-electron chi connectivity index (χ0n) is 23.6. The van der Waals surface area contributed by atoms with Crippen molar-refractivity contribution in [2.24, 2.45) is 0 Å². The Morgan fingerprint density at radius 1 is 1.14 bits per heavy atom. The first-order valence-corrected chi connectivity index (χ1v) is 13.4. The number of hydrogen-bond donors (Lipinski definition) is 2. The third kappa shape index (κ3) is 7.95. The lowest BCUT2D eigenvalue weighted by Crippen LogP contribution is -2.23. The monoisotopic (exact) mass is 586 g/mol. The predicted molar refractivity (Wildman–Crippen MR) is 163 cm³/mol. The van der Waals surface area contributed by atoms with Crippen molar-refractivity contribution in [1.29, 1.82) is 5.26 Å². The molecule has 2 heterocycles. The number of carbonyl (C=O) groups is 1. The molecular weight excluding hydrogens is 556 g/mol. The van der Waals surface area contributed by atoms with Crippen molar-refractivity contribution < 1.29 is 19.0 Å². The molecule has 0 bridgehead atoms. The van der Waals surface area contributed by atoms with E-state index in [1.165, 1.54) is 19.4 Å².